The average molecular weight is 370 g/mol. The third kappa shape index (κ3) is 3.22. The maximum atomic E-state index is 12.8. The first-order valence-corrected chi connectivity index (χ1v) is 8.67. The number of aryl methyl sites for hydroxylation is 1. The third-order valence-electron chi connectivity index (χ3n) is 3.13. The predicted octanol–water partition coefficient (Wildman–Crippen LogP) is 3.68. The lowest BCUT2D eigenvalue weighted by Gasteiger charge is -2.24. The summed E-state index contributed by atoms with van der Waals surface area (Å²) in [6.45, 7) is 3.85. The van der Waals surface area contributed by atoms with Gasteiger partial charge < -0.3 is 5.11 Å². The molecule has 0 aliphatic heterocycles. The summed E-state index contributed by atoms with van der Waals surface area (Å²) in [5.74, 6) is 0.0403. The van der Waals surface area contributed by atoms with Crippen molar-refractivity contribution in [1.29, 1.82) is 0 Å². The van der Waals surface area contributed by atoms with E-state index in [1.54, 1.807) is 43.3 Å². The van der Waals surface area contributed by atoms with Gasteiger partial charge in [0.1, 0.15) is 5.75 Å². The van der Waals surface area contributed by atoms with Gasteiger partial charge in [0, 0.05) is 17.1 Å². The number of halogens is 1. The summed E-state index contributed by atoms with van der Waals surface area (Å²) in [5.41, 5.74) is 1.27. The second-order valence-electron chi connectivity index (χ2n) is 4.60. The lowest BCUT2D eigenvalue weighted by Crippen LogP contribution is -2.31. The molecule has 2 aromatic carbocycles. The molecule has 2 rings (SSSR count). The molecule has 1 N–H and O–H groups in total. The Bertz CT molecular complexity index is 759. The number of benzene rings is 2. The first kappa shape index (κ1) is 15.9. The highest BCUT2D eigenvalue weighted by molar-refractivity contribution is 9.10. The molecule has 112 valence electrons. The molecular weight excluding hydrogens is 354 g/mol. The molecule has 2 aromatic rings. The van der Waals surface area contributed by atoms with Crippen LogP contribution in [0.15, 0.2) is 51.8 Å². The first-order valence-electron chi connectivity index (χ1n) is 6.44. The van der Waals surface area contributed by atoms with E-state index in [0.717, 1.165) is 5.56 Å². The quantitative estimate of drug-likeness (QED) is 0.893. The molecule has 0 amide bonds. The predicted molar refractivity (Wildman–Crippen MR) is 87.2 cm³/mol. The van der Waals surface area contributed by atoms with Crippen molar-refractivity contribution in [3.63, 3.8) is 0 Å². The van der Waals surface area contributed by atoms with Crippen LogP contribution in [0.5, 0.6) is 5.75 Å². The van der Waals surface area contributed by atoms with Crippen molar-refractivity contribution < 1.29 is 13.5 Å². The van der Waals surface area contributed by atoms with Gasteiger partial charge in [0.15, 0.2) is 0 Å². The van der Waals surface area contributed by atoms with Crippen LogP contribution in [-0.4, -0.2) is 20.1 Å². The number of sulfonamides is 1. The average Bonchev–Trinajstić information content (AvgIpc) is 2.43. The highest BCUT2D eigenvalue weighted by atomic mass is 79.9. The second kappa shape index (κ2) is 6.07. The van der Waals surface area contributed by atoms with Gasteiger partial charge in [-0.25, -0.2) is 8.42 Å². The van der Waals surface area contributed by atoms with Crippen LogP contribution in [0, 0.1) is 6.92 Å². The van der Waals surface area contributed by atoms with E-state index < -0.39 is 10.0 Å². The summed E-state index contributed by atoms with van der Waals surface area (Å²) < 4.78 is 27.6. The molecule has 0 saturated heterocycles. The maximum absolute atomic E-state index is 12.8. The Morgan fingerprint density at radius 3 is 2.52 bits per heavy atom. The normalized spacial score (nSPS) is 11.4. The van der Waals surface area contributed by atoms with Gasteiger partial charge in [-0.1, -0.05) is 28.1 Å². The fourth-order valence-corrected chi connectivity index (χ4v) is 4.22. The van der Waals surface area contributed by atoms with Crippen LogP contribution in [0.4, 0.5) is 5.69 Å². The van der Waals surface area contributed by atoms with Gasteiger partial charge in [-0.2, -0.15) is 0 Å². The van der Waals surface area contributed by atoms with E-state index in [4.69, 9.17) is 0 Å². The van der Waals surface area contributed by atoms with Gasteiger partial charge in [0.2, 0.25) is 0 Å². The van der Waals surface area contributed by atoms with E-state index in [1.807, 2.05) is 6.92 Å². The molecule has 0 aromatic heterocycles. The zero-order chi connectivity index (χ0) is 15.6. The van der Waals surface area contributed by atoms with Crippen LogP contribution in [0.2, 0.25) is 0 Å². The molecule has 0 unspecified atom stereocenters. The topological polar surface area (TPSA) is 57.6 Å². The zero-order valence-electron chi connectivity index (χ0n) is 11.7. The summed E-state index contributed by atoms with van der Waals surface area (Å²) in [6, 6.07) is 11.3. The lowest BCUT2D eigenvalue weighted by molar-refractivity contribution is 0.475. The maximum Gasteiger partial charge on any atom is 0.264 e. The third-order valence-corrected chi connectivity index (χ3v) is 5.51. The Labute approximate surface area is 133 Å². The van der Waals surface area contributed by atoms with Crippen LogP contribution in [0.25, 0.3) is 0 Å². The van der Waals surface area contributed by atoms with Crippen molar-refractivity contribution >= 4 is 31.6 Å². The Balaban J connectivity index is 2.57. The smallest absolute Gasteiger partial charge is 0.264 e. The lowest BCUT2D eigenvalue weighted by atomic mass is 10.2. The van der Waals surface area contributed by atoms with Crippen molar-refractivity contribution in [2.45, 2.75) is 18.7 Å². The molecule has 0 fully saturated rings. The van der Waals surface area contributed by atoms with Crippen LogP contribution in [0.3, 0.4) is 0 Å². The summed E-state index contributed by atoms with van der Waals surface area (Å²) >= 11 is 3.29. The van der Waals surface area contributed by atoms with Gasteiger partial charge >= 0.3 is 0 Å². The van der Waals surface area contributed by atoms with Crippen molar-refractivity contribution in [1.82, 2.24) is 0 Å². The number of hydrogen-bond donors (Lipinski definition) is 1. The standard InChI is InChI=1S/C15H16BrNO3S/c1-3-17(15-10-13(18)8-7-11(15)2)21(19,20)14-6-4-5-12(16)9-14/h4-10,18H,3H2,1-2H3. The van der Waals surface area contributed by atoms with E-state index in [9.17, 15) is 13.5 Å². The van der Waals surface area contributed by atoms with Crippen molar-refractivity contribution in [2.75, 3.05) is 10.8 Å². The summed E-state index contributed by atoms with van der Waals surface area (Å²) in [5, 5.41) is 9.63. The van der Waals surface area contributed by atoms with Crippen LogP contribution in [0.1, 0.15) is 12.5 Å². The fraction of sp³-hybridized carbons (Fsp3) is 0.200. The number of nitrogens with zero attached hydrogens (tertiary/aromatic N) is 1. The number of phenols is 1. The largest absolute Gasteiger partial charge is 0.508 e. The SMILES string of the molecule is CCN(c1cc(O)ccc1C)S(=O)(=O)c1cccc(Br)c1. The number of phenolic OH excluding ortho intramolecular Hbond substituents is 1. The monoisotopic (exact) mass is 369 g/mol. The molecule has 0 radical (unpaired) electrons. The minimum atomic E-state index is -3.67. The van der Waals surface area contributed by atoms with Gasteiger partial charge in [0.25, 0.3) is 10.0 Å². The van der Waals surface area contributed by atoms with Gasteiger partial charge in [-0.3, -0.25) is 4.31 Å². The van der Waals surface area contributed by atoms with Crippen LogP contribution < -0.4 is 4.31 Å². The minimum absolute atomic E-state index is 0.0403. The first-order chi connectivity index (χ1) is 9.86. The Hall–Kier alpha value is -1.53. The van der Waals surface area contributed by atoms with E-state index in [1.165, 1.54) is 10.4 Å². The van der Waals surface area contributed by atoms with Gasteiger partial charge in [-0.05, 0) is 43.7 Å². The molecule has 0 aliphatic carbocycles. The molecule has 0 atom stereocenters. The second-order valence-corrected chi connectivity index (χ2v) is 7.38. The number of aromatic hydroxyl groups is 1. The molecular formula is C15H16BrNO3S. The van der Waals surface area contributed by atoms with Crippen LogP contribution >= 0.6 is 15.9 Å². The van der Waals surface area contributed by atoms with E-state index in [-0.39, 0.29) is 17.2 Å². The molecule has 0 bridgehead atoms. The highest BCUT2D eigenvalue weighted by Gasteiger charge is 2.25. The Morgan fingerprint density at radius 2 is 1.90 bits per heavy atom. The number of hydrogen-bond acceptors (Lipinski definition) is 3. The van der Waals surface area contributed by atoms with Crippen molar-refractivity contribution in [3.8, 4) is 5.75 Å². The van der Waals surface area contributed by atoms with E-state index in [0.29, 0.717) is 10.2 Å². The number of anilines is 1. The highest BCUT2D eigenvalue weighted by Crippen LogP contribution is 2.30. The van der Waals surface area contributed by atoms with E-state index in [2.05, 4.69) is 15.9 Å². The van der Waals surface area contributed by atoms with E-state index >= 15 is 0 Å². The molecule has 0 aliphatic rings. The molecule has 0 heterocycles. The Kier molecular flexibility index (Phi) is 4.58. The Morgan fingerprint density at radius 1 is 1.19 bits per heavy atom. The summed E-state index contributed by atoms with van der Waals surface area (Å²) in [7, 11) is -3.67. The van der Waals surface area contributed by atoms with Crippen LogP contribution in [-0.2, 0) is 10.0 Å². The van der Waals surface area contributed by atoms with Crippen molar-refractivity contribution in [3.05, 3.63) is 52.5 Å². The molecule has 4 nitrogen and oxygen atoms in total. The van der Waals surface area contributed by atoms with Gasteiger partial charge in [-0.15, -0.1) is 0 Å². The van der Waals surface area contributed by atoms with Gasteiger partial charge in [0.05, 0.1) is 10.6 Å². The molecule has 21 heavy (non-hydrogen) atoms. The minimum Gasteiger partial charge on any atom is -0.508 e. The summed E-state index contributed by atoms with van der Waals surface area (Å²) in [4.78, 5) is 0.210. The zero-order valence-corrected chi connectivity index (χ0v) is 14.1. The molecule has 6 heteroatoms. The summed E-state index contributed by atoms with van der Waals surface area (Å²) in [6.07, 6.45) is 0. The molecule has 0 spiro atoms. The van der Waals surface area contributed by atoms with Crippen molar-refractivity contribution in [2.24, 2.45) is 0 Å². The molecule has 0 saturated carbocycles. The number of rotatable bonds is 4. The fourth-order valence-electron chi connectivity index (χ4n) is 2.09.